The lowest BCUT2D eigenvalue weighted by Gasteiger charge is -1.85. The maximum absolute atomic E-state index is 11.8. The minimum absolute atomic E-state index is 0.514. The molecule has 2 heteroatoms. The minimum Gasteiger partial charge on any atom is -0.313 e. The van der Waals surface area contributed by atoms with Gasteiger partial charge >= 0.3 is 0 Å². The molecule has 0 unspecified atom stereocenters. The summed E-state index contributed by atoms with van der Waals surface area (Å²) < 4.78 is 11.8. The molecule has 6 heavy (non-hydrogen) atoms. The van der Waals surface area contributed by atoms with Gasteiger partial charge in [-0.05, 0) is 0 Å². The third kappa shape index (κ3) is 0.684. The monoisotopic (exact) mass is 88.1 g/mol. The predicted molar refractivity (Wildman–Crippen MR) is 22.1 cm³/mol. The summed E-state index contributed by atoms with van der Waals surface area (Å²) in [5.74, 6) is 0. The first-order valence-electron chi connectivity index (χ1n) is 2.08. The van der Waals surface area contributed by atoms with Crippen molar-refractivity contribution < 1.29 is 4.39 Å². The van der Waals surface area contributed by atoms with Gasteiger partial charge in [0.05, 0.1) is 0 Å². The molecule has 1 rings (SSSR count). The van der Waals surface area contributed by atoms with Crippen molar-refractivity contribution in [1.29, 1.82) is 0 Å². The summed E-state index contributed by atoms with van der Waals surface area (Å²) in [7, 11) is 0. The van der Waals surface area contributed by atoms with Crippen LogP contribution in [0.1, 0.15) is 0 Å². The van der Waals surface area contributed by atoms with Crippen molar-refractivity contribution in [2.45, 2.75) is 6.17 Å². The molecule has 0 aromatic rings. The van der Waals surface area contributed by atoms with Crippen LogP contribution in [-0.4, -0.2) is 19.3 Å². The van der Waals surface area contributed by atoms with Crippen LogP contribution in [0.25, 0.3) is 0 Å². The van der Waals surface area contributed by atoms with E-state index in [2.05, 4.69) is 5.32 Å². The van der Waals surface area contributed by atoms with Crippen molar-refractivity contribution in [3.8, 4) is 0 Å². The molecule has 0 saturated carbocycles. The molecule has 0 aromatic heterocycles. The molecule has 0 spiro atoms. The molecule has 1 atom stereocenters. The van der Waals surface area contributed by atoms with Gasteiger partial charge in [-0.25, -0.2) is 4.39 Å². The SMILES string of the molecule is F[C@@H]1[CH]CNC1. The number of hydrogen-bond acceptors (Lipinski definition) is 1. The summed E-state index contributed by atoms with van der Waals surface area (Å²) >= 11 is 0. The molecule has 0 amide bonds. The van der Waals surface area contributed by atoms with Gasteiger partial charge in [-0.1, -0.05) is 0 Å². The zero-order chi connectivity index (χ0) is 4.41. The highest BCUT2D eigenvalue weighted by molar-refractivity contribution is 4.86. The van der Waals surface area contributed by atoms with Crippen LogP contribution in [0.3, 0.4) is 0 Å². The lowest BCUT2D eigenvalue weighted by Crippen LogP contribution is -2.08. The average molecular weight is 88.1 g/mol. The number of alkyl halides is 1. The van der Waals surface area contributed by atoms with E-state index in [0.29, 0.717) is 6.54 Å². The summed E-state index contributed by atoms with van der Waals surface area (Å²) in [4.78, 5) is 0. The maximum Gasteiger partial charge on any atom is 0.117 e. The molecule has 1 saturated heterocycles. The van der Waals surface area contributed by atoms with Crippen LogP contribution >= 0.6 is 0 Å². The molecule has 1 aliphatic heterocycles. The van der Waals surface area contributed by atoms with E-state index in [1.54, 1.807) is 6.42 Å². The Balaban J connectivity index is 2.18. The van der Waals surface area contributed by atoms with Crippen molar-refractivity contribution >= 4 is 0 Å². The molecule has 35 valence electrons. The fourth-order valence-corrected chi connectivity index (χ4v) is 0.516. The van der Waals surface area contributed by atoms with Crippen molar-refractivity contribution in [2.75, 3.05) is 13.1 Å². The molecular weight excluding hydrogens is 81.0 g/mol. The van der Waals surface area contributed by atoms with E-state index in [0.717, 1.165) is 6.54 Å². The van der Waals surface area contributed by atoms with Crippen LogP contribution in [-0.2, 0) is 0 Å². The van der Waals surface area contributed by atoms with Gasteiger partial charge in [0, 0.05) is 19.5 Å². The second-order valence-corrected chi connectivity index (χ2v) is 1.41. The zero-order valence-corrected chi connectivity index (χ0v) is 3.45. The Kier molecular flexibility index (Phi) is 1.05. The quantitative estimate of drug-likeness (QED) is 0.444. The highest BCUT2D eigenvalue weighted by Gasteiger charge is 2.10. The van der Waals surface area contributed by atoms with Gasteiger partial charge in [0.1, 0.15) is 6.17 Å². The fraction of sp³-hybridized carbons (Fsp3) is 0.750. The zero-order valence-electron chi connectivity index (χ0n) is 3.45. The molecular formula is C4H7FN. The summed E-state index contributed by atoms with van der Waals surface area (Å²) in [5, 5.41) is 2.84. The van der Waals surface area contributed by atoms with Crippen LogP contribution < -0.4 is 5.32 Å². The van der Waals surface area contributed by atoms with Gasteiger partial charge in [0.25, 0.3) is 0 Å². The van der Waals surface area contributed by atoms with Crippen LogP contribution in [0.5, 0.6) is 0 Å². The van der Waals surface area contributed by atoms with E-state index in [9.17, 15) is 4.39 Å². The van der Waals surface area contributed by atoms with Gasteiger partial charge in [-0.15, -0.1) is 0 Å². The normalized spacial score (nSPS) is 34.5. The number of halogens is 1. The van der Waals surface area contributed by atoms with Crippen LogP contribution in [0, 0.1) is 6.42 Å². The van der Waals surface area contributed by atoms with Crippen molar-refractivity contribution in [3.63, 3.8) is 0 Å². The molecule has 1 radical (unpaired) electrons. The van der Waals surface area contributed by atoms with Gasteiger partial charge in [-0.2, -0.15) is 0 Å². The van der Waals surface area contributed by atoms with Crippen LogP contribution in [0.2, 0.25) is 0 Å². The van der Waals surface area contributed by atoms with Gasteiger partial charge in [0.15, 0.2) is 0 Å². The van der Waals surface area contributed by atoms with E-state index in [1.807, 2.05) is 0 Å². The smallest absolute Gasteiger partial charge is 0.117 e. The average Bonchev–Trinajstić information content (AvgIpc) is 1.86. The summed E-state index contributed by atoms with van der Waals surface area (Å²) in [6.07, 6.45) is 0.935. The lowest BCUT2D eigenvalue weighted by molar-refractivity contribution is 0.403. The molecule has 1 fully saturated rings. The van der Waals surface area contributed by atoms with E-state index in [4.69, 9.17) is 0 Å². The Bertz CT molecular complexity index is 40.8. The first-order valence-corrected chi connectivity index (χ1v) is 2.08. The van der Waals surface area contributed by atoms with E-state index < -0.39 is 6.17 Å². The molecule has 1 nitrogen and oxygen atoms in total. The van der Waals surface area contributed by atoms with Crippen LogP contribution in [0.15, 0.2) is 0 Å². The van der Waals surface area contributed by atoms with Crippen molar-refractivity contribution in [2.24, 2.45) is 0 Å². The maximum atomic E-state index is 11.8. The standard InChI is InChI=1S/C4H7FN/c5-4-1-2-6-3-4/h1,4,6H,2-3H2/t4-/m1/s1. The van der Waals surface area contributed by atoms with Crippen LogP contribution in [0.4, 0.5) is 4.39 Å². The Morgan fingerprint density at radius 3 is 2.83 bits per heavy atom. The lowest BCUT2D eigenvalue weighted by atomic mass is 10.4. The molecule has 0 aliphatic carbocycles. The highest BCUT2D eigenvalue weighted by atomic mass is 19.1. The Hall–Kier alpha value is -0.110. The third-order valence-corrected chi connectivity index (χ3v) is 0.857. The number of rotatable bonds is 0. The largest absolute Gasteiger partial charge is 0.313 e. The van der Waals surface area contributed by atoms with Crippen molar-refractivity contribution in [1.82, 2.24) is 5.32 Å². The van der Waals surface area contributed by atoms with Gasteiger partial charge < -0.3 is 5.32 Å². The molecule has 1 heterocycles. The molecule has 0 bridgehead atoms. The molecule has 1 N–H and O–H groups in total. The number of nitrogens with one attached hydrogen (secondary N) is 1. The first-order chi connectivity index (χ1) is 2.89. The summed E-state index contributed by atoms with van der Waals surface area (Å²) in [5.41, 5.74) is 0. The first kappa shape index (κ1) is 4.06. The molecule has 1 aliphatic rings. The highest BCUT2D eigenvalue weighted by Crippen LogP contribution is 1.98. The van der Waals surface area contributed by atoms with Gasteiger partial charge in [-0.3, -0.25) is 0 Å². The summed E-state index contributed by atoms with van der Waals surface area (Å²) in [6, 6.07) is 0. The molecule has 0 aromatic carbocycles. The number of hydrogen-bond donors (Lipinski definition) is 1. The third-order valence-electron chi connectivity index (χ3n) is 0.857. The van der Waals surface area contributed by atoms with E-state index in [-0.39, 0.29) is 0 Å². The minimum atomic E-state index is -0.690. The van der Waals surface area contributed by atoms with E-state index in [1.165, 1.54) is 0 Å². The second kappa shape index (κ2) is 1.56. The van der Waals surface area contributed by atoms with E-state index >= 15 is 0 Å². The topological polar surface area (TPSA) is 12.0 Å². The Labute approximate surface area is 36.5 Å². The second-order valence-electron chi connectivity index (χ2n) is 1.41. The Morgan fingerprint density at radius 2 is 2.67 bits per heavy atom. The summed E-state index contributed by atoms with van der Waals surface area (Å²) in [6.45, 7) is 1.25. The van der Waals surface area contributed by atoms with Crippen molar-refractivity contribution in [3.05, 3.63) is 6.42 Å². The fourth-order valence-electron chi connectivity index (χ4n) is 0.516. The predicted octanol–water partition coefficient (Wildman–Crippen LogP) is 0.132. The Morgan fingerprint density at radius 1 is 1.83 bits per heavy atom. The van der Waals surface area contributed by atoms with Gasteiger partial charge in [0.2, 0.25) is 0 Å².